The molecule has 0 aliphatic heterocycles. The minimum absolute atomic E-state index is 0.242. The molecule has 17 heavy (non-hydrogen) atoms. The number of hydrogen-bond donors (Lipinski definition) is 1. The molecule has 1 aliphatic carbocycles. The van der Waals surface area contributed by atoms with Gasteiger partial charge in [0.1, 0.15) is 0 Å². The van der Waals surface area contributed by atoms with Crippen LogP contribution < -0.4 is 5.32 Å². The number of hydrogen-bond acceptors (Lipinski definition) is 3. The largest absolute Gasteiger partial charge is 0.313 e. The SMILES string of the molecule is CN(C)CCCCNC1CCCCCC1C#N. The van der Waals surface area contributed by atoms with Crippen molar-refractivity contribution in [1.29, 1.82) is 5.26 Å². The Morgan fingerprint density at radius 3 is 2.65 bits per heavy atom. The maximum Gasteiger partial charge on any atom is 0.0672 e. The molecule has 1 N–H and O–H groups in total. The molecule has 0 saturated heterocycles. The van der Waals surface area contributed by atoms with Crippen molar-refractivity contribution >= 4 is 0 Å². The van der Waals surface area contributed by atoms with E-state index in [1.165, 1.54) is 38.5 Å². The lowest BCUT2D eigenvalue weighted by Crippen LogP contribution is -2.35. The van der Waals surface area contributed by atoms with Gasteiger partial charge in [0.2, 0.25) is 0 Å². The lowest BCUT2D eigenvalue weighted by molar-refractivity contribution is 0.367. The standard InChI is InChI=1S/C14H27N3/c1-17(2)11-7-6-10-16-14-9-5-3-4-8-13(14)12-15/h13-14,16H,3-11H2,1-2H3. The topological polar surface area (TPSA) is 39.1 Å². The van der Waals surface area contributed by atoms with Gasteiger partial charge in [0.05, 0.1) is 12.0 Å². The van der Waals surface area contributed by atoms with Gasteiger partial charge in [-0.2, -0.15) is 5.26 Å². The summed E-state index contributed by atoms with van der Waals surface area (Å²) >= 11 is 0. The molecule has 0 aromatic heterocycles. The van der Waals surface area contributed by atoms with Crippen molar-refractivity contribution in [3.8, 4) is 6.07 Å². The highest BCUT2D eigenvalue weighted by Gasteiger charge is 2.22. The predicted octanol–water partition coefficient (Wildman–Crippen LogP) is 2.39. The van der Waals surface area contributed by atoms with Crippen molar-refractivity contribution in [2.24, 2.45) is 5.92 Å². The van der Waals surface area contributed by atoms with E-state index in [4.69, 9.17) is 5.26 Å². The second kappa shape index (κ2) is 8.49. The highest BCUT2D eigenvalue weighted by molar-refractivity contribution is 4.93. The van der Waals surface area contributed by atoms with Gasteiger partial charge in [0.25, 0.3) is 0 Å². The summed E-state index contributed by atoms with van der Waals surface area (Å²) in [6.45, 7) is 2.23. The molecule has 0 aromatic rings. The Morgan fingerprint density at radius 2 is 1.94 bits per heavy atom. The summed E-state index contributed by atoms with van der Waals surface area (Å²) in [6.07, 6.45) is 8.55. The Kier molecular flexibility index (Phi) is 7.23. The molecule has 1 saturated carbocycles. The molecule has 2 unspecified atom stereocenters. The van der Waals surface area contributed by atoms with E-state index in [-0.39, 0.29) is 5.92 Å². The number of rotatable bonds is 6. The first-order valence-electron chi connectivity index (χ1n) is 7.01. The van der Waals surface area contributed by atoms with Gasteiger partial charge in [0.15, 0.2) is 0 Å². The van der Waals surface area contributed by atoms with E-state index in [2.05, 4.69) is 30.4 Å². The van der Waals surface area contributed by atoms with Gasteiger partial charge in [-0.25, -0.2) is 0 Å². The van der Waals surface area contributed by atoms with Gasteiger partial charge in [-0.3, -0.25) is 0 Å². The molecule has 2 atom stereocenters. The molecule has 1 fully saturated rings. The van der Waals surface area contributed by atoms with Gasteiger partial charge in [0, 0.05) is 6.04 Å². The average molecular weight is 237 g/mol. The van der Waals surface area contributed by atoms with E-state index in [1.807, 2.05) is 0 Å². The lowest BCUT2D eigenvalue weighted by atomic mass is 9.96. The Bertz CT molecular complexity index is 232. The van der Waals surface area contributed by atoms with E-state index in [1.54, 1.807) is 0 Å². The minimum Gasteiger partial charge on any atom is -0.313 e. The van der Waals surface area contributed by atoms with Crippen molar-refractivity contribution in [1.82, 2.24) is 10.2 Å². The summed E-state index contributed by atoms with van der Waals surface area (Å²) < 4.78 is 0. The summed E-state index contributed by atoms with van der Waals surface area (Å²) in [5, 5.41) is 12.8. The van der Waals surface area contributed by atoms with E-state index in [0.29, 0.717) is 6.04 Å². The zero-order chi connectivity index (χ0) is 12.5. The first-order valence-corrected chi connectivity index (χ1v) is 7.01. The Labute approximate surface area is 106 Å². The van der Waals surface area contributed by atoms with Crippen LogP contribution in [0.5, 0.6) is 0 Å². The van der Waals surface area contributed by atoms with Crippen molar-refractivity contribution in [2.45, 2.75) is 51.0 Å². The molecule has 3 nitrogen and oxygen atoms in total. The fourth-order valence-electron chi connectivity index (χ4n) is 2.55. The van der Waals surface area contributed by atoms with Crippen LogP contribution in [0.2, 0.25) is 0 Å². The average Bonchev–Trinajstić information content (AvgIpc) is 2.53. The maximum atomic E-state index is 9.17. The number of unbranched alkanes of at least 4 members (excludes halogenated alkanes) is 1. The van der Waals surface area contributed by atoms with Gasteiger partial charge >= 0.3 is 0 Å². The third-order valence-corrected chi connectivity index (χ3v) is 3.62. The van der Waals surface area contributed by atoms with Crippen LogP contribution >= 0.6 is 0 Å². The third-order valence-electron chi connectivity index (χ3n) is 3.62. The fraction of sp³-hybridized carbons (Fsp3) is 0.929. The van der Waals surface area contributed by atoms with Gasteiger partial charge < -0.3 is 10.2 Å². The van der Waals surface area contributed by atoms with Crippen LogP contribution in [-0.2, 0) is 0 Å². The first kappa shape index (κ1) is 14.5. The van der Waals surface area contributed by atoms with E-state index in [9.17, 15) is 0 Å². The predicted molar refractivity (Wildman–Crippen MR) is 71.8 cm³/mol. The second-order valence-corrected chi connectivity index (χ2v) is 5.44. The van der Waals surface area contributed by atoms with Crippen molar-refractivity contribution < 1.29 is 0 Å². The molecule has 1 aliphatic rings. The van der Waals surface area contributed by atoms with Crippen LogP contribution in [-0.4, -0.2) is 38.1 Å². The van der Waals surface area contributed by atoms with Crippen LogP contribution in [0.15, 0.2) is 0 Å². The minimum atomic E-state index is 0.242. The molecule has 0 radical (unpaired) electrons. The van der Waals surface area contributed by atoms with Gasteiger partial charge in [-0.05, 0) is 52.9 Å². The number of nitrogens with one attached hydrogen (secondary N) is 1. The summed E-state index contributed by atoms with van der Waals surface area (Å²) in [5.41, 5.74) is 0. The van der Waals surface area contributed by atoms with E-state index >= 15 is 0 Å². The van der Waals surface area contributed by atoms with Gasteiger partial charge in [-0.1, -0.05) is 19.3 Å². The quantitative estimate of drug-likeness (QED) is 0.569. The molecule has 0 heterocycles. The normalized spacial score (nSPS) is 25.5. The molecule has 0 aromatic carbocycles. The van der Waals surface area contributed by atoms with Crippen LogP contribution in [0.25, 0.3) is 0 Å². The van der Waals surface area contributed by atoms with Crippen LogP contribution in [0, 0.1) is 17.2 Å². The second-order valence-electron chi connectivity index (χ2n) is 5.44. The summed E-state index contributed by atoms with van der Waals surface area (Å²) in [6, 6.07) is 2.93. The monoisotopic (exact) mass is 237 g/mol. The fourth-order valence-corrected chi connectivity index (χ4v) is 2.55. The van der Waals surface area contributed by atoms with Crippen molar-refractivity contribution in [3.63, 3.8) is 0 Å². The van der Waals surface area contributed by atoms with E-state index < -0.39 is 0 Å². The van der Waals surface area contributed by atoms with Crippen LogP contribution in [0.4, 0.5) is 0 Å². The highest BCUT2D eigenvalue weighted by Crippen LogP contribution is 2.22. The van der Waals surface area contributed by atoms with Crippen LogP contribution in [0.1, 0.15) is 44.9 Å². The van der Waals surface area contributed by atoms with Crippen molar-refractivity contribution in [3.05, 3.63) is 0 Å². The summed E-state index contributed by atoms with van der Waals surface area (Å²) in [5.74, 6) is 0.242. The summed E-state index contributed by atoms with van der Waals surface area (Å²) in [4.78, 5) is 2.23. The Morgan fingerprint density at radius 1 is 1.18 bits per heavy atom. The number of nitriles is 1. The Hall–Kier alpha value is -0.590. The molecular weight excluding hydrogens is 210 g/mol. The highest BCUT2D eigenvalue weighted by atomic mass is 15.0. The molecule has 0 spiro atoms. The smallest absolute Gasteiger partial charge is 0.0672 e. The molecule has 3 heteroatoms. The van der Waals surface area contributed by atoms with Gasteiger partial charge in [-0.15, -0.1) is 0 Å². The van der Waals surface area contributed by atoms with E-state index in [0.717, 1.165) is 19.5 Å². The first-order chi connectivity index (χ1) is 8.24. The summed E-state index contributed by atoms with van der Waals surface area (Å²) in [7, 11) is 4.23. The molecule has 0 amide bonds. The zero-order valence-electron chi connectivity index (χ0n) is 11.4. The maximum absolute atomic E-state index is 9.17. The Balaban J connectivity index is 2.17. The number of nitrogens with zero attached hydrogens (tertiary/aromatic N) is 2. The molecule has 98 valence electrons. The third kappa shape index (κ3) is 6.05. The zero-order valence-corrected chi connectivity index (χ0v) is 11.4. The molecule has 0 bridgehead atoms. The molecular formula is C14H27N3. The lowest BCUT2D eigenvalue weighted by Gasteiger charge is -2.21. The van der Waals surface area contributed by atoms with Crippen LogP contribution in [0.3, 0.4) is 0 Å². The molecule has 1 rings (SSSR count). The van der Waals surface area contributed by atoms with Crippen molar-refractivity contribution in [2.75, 3.05) is 27.2 Å².